The molecule has 0 fully saturated rings. The summed E-state index contributed by atoms with van der Waals surface area (Å²) in [4.78, 5) is 17.9. The summed E-state index contributed by atoms with van der Waals surface area (Å²) in [5.41, 5.74) is 0.575. The molecule has 3 heterocycles. The van der Waals surface area contributed by atoms with Crippen molar-refractivity contribution in [1.29, 1.82) is 0 Å². The minimum absolute atomic E-state index is 0.232. The van der Waals surface area contributed by atoms with E-state index in [0.717, 1.165) is 5.56 Å². The van der Waals surface area contributed by atoms with E-state index in [4.69, 9.17) is 14.2 Å². The van der Waals surface area contributed by atoms with Gasteiger partial charge in [0.1, 0.15) is 19.0 Å². The maximum absolute atomic E-state index is 12.9. The molecule has 4 aromatic rings. The molecule has 30 heavy (non-hydrogen) atoms. The van der Waals surface area contributed by atoms with Crippen molar-refractivity contribution in [3.63, 3.8) is 0 Å². The largest absolute Gasteiger partial charge is 0.489 e. The fourth-order valence-corrected chi connectivity index (χ4v) is 4.06. The van der Waals surface area contributed by atoms with Gasteiger partial charge in [-0.2, -0.15) is 9.50 Å². The Bertz CT molecular complexity index is 1340. The molecule has 2 aromatic heterocycles. The van der Waals surface area contributed by atoms with Crippen molar-refractivity contribution in [3.8, 4) is 17.2 Å². The number of aromatic nitrogens is 3. The lowest BCUT2D eigenvalue weighted by atomic mass is 10.2. The maximum Gasteiger partial charge on any atom is 0.291 e. The SMILES string of the molecule is C=CCOc1ccccc1C=c1sc2nc(C3COc4ccccc4O3)nn2c1=O. The first-order chi connectivity index (χ1) is 14.7. The second kappa shape index (κ2) is 7.64. The van der Waals surface area contributed by atoms with Crippen molar-refractivity contribution >= 4 is 22.4 Å². The van der Waals surface area contributed by atoms with Crippen molar-refractivity contribution in [2.24, 2.45) is 0 Å². The Morgan fingerprint density at radius 1 is 1.20 bits per heavy atom. The van der Waals surface area contributed by atoms with Crippen LogP contribution in [0.15, 0.2) is 66.0 Å². The Labute approximate surface area is 175 Å². The molecule has 1 aliphatic rings. The number of rotatable bonds is 5. The molecule has 0 aliphatic carbocycles. The fourth-order valence-electron chi connectivity index (χ4n) is 3.15. The highest BCUT2D eigenvalue weighted by atomic mass is 32.1. The summed E-state index contributed by atoms with van der Waals surface area (Å²) < 4.78 is 19.2. The highest BCUT2D eigenvalue weighted by molar-refractivity contribution is 7.15. The summed E-state index contributed by atoms with van der Waals surface area (Å²) in [5.74, 6) is 2.44. The molecule has 0 bridgehead atoms. The third-order valence-electron chi connectivity index (χ3n) is 4.56. The lowest BCUT2D eigenvalue weighted by Gasteiger charge is -2.24. The summed E-state index contributed by atoms with van der Waals surface area (Å²) in [7, 11) is 0. The van der Waals surface area contributed by atoms with E-state index >= 15 is 0 Å². The van der Waals surface area contributed by atoms with Crippen LogP contribution in [-0.2, 0) is 0 Å². The quantitative estimate of drug-likeness (QED) is 0.463. The van der Waals surface area contributed by atoms with E-state index in [1.165, 1.54) is 15.9 Å². The monoisotopic (exact) mass is 419 g/mol. The van der Waals surface area contributed by atoms with Crippen molar-refractivity contribution in [1.82, 2.24) is 14.6 Å². The van der Waals surface area contributed by atoms with Gasteiger partial charge in [0, 0.05) is 5.56 Å². The van der Waals surface area contributed by atoms with E-state index in [2.05, 4.69) is 16.7 Å². The van der Waals surface area contributed by atoms with Crippen LogP contribution in [0.3, 0.4) is 0 Å². The molecule has 0 N–H and O–H groups in total. The standard InChI is InChI=1S/C22H17N3O4S/c1-2-11-27-15-8-4-3-7-14(15)12-19-21(26)25-22(30-19)23-20(24-25)18-13-28-16-9-5-6-10-17(16)29-18/h2-10,12,18H,1,11,13H2. The second-order valence-corrected chi connectivity index (χ2v) is 7.59. The van der Waals surface area contributed by atoms with Crippen LogP contribution in [0, 0.1) is 0 Å². The number of nitrogens with zero attached hydrogens (tertiary/aromatic N) is 3. The molecule has 2 aromatic carbocycles. The highest BCUT2D eigenvalue weighted by Crippen LogP contribution is 2.35. The maximum atomic E-state index is 12.9. The molecule has 0 saturated carbocycles. The number of hydrogen-bond acceptors (Lipinski definition) is 7. The molecule has 1 aliphatic heterocycles. The van der Waals surface area contributed by atoms with Crippen LogP contribution in [0.5, 0.6) is 17.2 Å². The van der Waals surface area contributed by atoms with Crippen LogP contribution in [0.2, 0.25) is 0 Å². The average molecular weight is 419 g/mol. The van der Waals surface area contributed by atoms with E-state index in [9.17, 15) is 4.79 Å². The second-order valence-electron chi connectivity index (χ2n) is 6.58. The number of hydrogen-bond donors (Lipinski definition) is 0. The number of fused-ring (bicyclic) bond motifs is 2. The van der Waals surface area contributed by atoms with Crippen LogP contribution >= 0.6 is 11.3 Å². The first-order valence-electron chi connectivity index (χ1n) is 9.35. The van der Waals surface area contributed by atoms with E-state index in [1.807, 2.05) is 48.5 Å². The van der Waals surface area contributed by atoms with Gasteiger partial charge in [0.05, 0.1) is 4.53 Å². The van der Waals surface area contributed by atoms with Crippen LogP contribution in [0.25, 0.3) is 11.0 Å². The molecule has 0 amide bonds. The van der Waals surface area contributed by atoms with Crippen LogP contribution < -0.4 is 24.3 Å². The van der Waals surface area contributed by atoms with Gasteiger partial charge in [-0.15, -0.1) is 5.10 Å². The Morgan fingerprint density at radius 3 is 2.83 bits per heavy atom. The Balaban J connectivity index is 1.48. The van der Waals surface area contributed by atoms with Gasteiger partial charge < -0.3 is 14.2 Å². The Hall–Kier alpha value is -3.65. The molecular formula is C22H17N3O4S. The predicted octanol–water partition coefficient (Wildman–Crippen LogP) is 2.78. The van der Waals surface area contributed by atoms with Gasteiger partial charge in [0.25, 0.3) is 5.56 Å². The van der Waals surface area contributed by atoms with Gasteiger partial charge in [-0.3, -0.25) is 4.79 Å². The lowest BCUT2D eigenvalue weighted by molar-refractivity contribution is 0.0852. The molecule has 0 spiro atoms. The summed E-state index contributed by atoms with van der Waals surface area (Å²) in [6.07, 6.45) is 3.00. The first-order valence-corrected chi connectivity index (χ1v) is 10.2. The molecule has 150 valence electrons. The molecule has 0 saturated heterocycles. The van der Waals surface area contributed by atoms with Gasteiger partial charge in [0.2, 0.25) is 4.96 Å². The summed E-state index contributed by atoms with van der Waals surface area (Å²) in [6, 6.07) is 15.0. The zero-order valence-corrected chi connectivity index (χ0v) is 16.7. The minimum Gasteiger partial charge on any atom is -0.489 e. The van der Waals surface area contributed by atoms with Gasteiger partial charge in [0.15, 0.2) is 23.4 Å². The Morgan fingerprint density at radius 2 is 2.00 bits per heavy atom. The zero-order chi connectivity index (χ0) is 20.5. The van der Waals surface area contributed by atoms with Crippen molar-refractivity contribution in [3.05, 3.63) is 87.5 Å². The van der Waals surface area contributed by atoms with Gasteiger partial charge in [-0.1, -0.05) is 54.3 Å². The first kappa shape index (κ1) is 18.4. The van der Waals surface area contributed by atoms with Gasteiger partial charge >= 0.3 is 0 Å². The number of thiazole rings is 1. The summed E-state index contributed by atoms with van der Waals surface area (Å²) >= 11 is 1.27. The van der Waals surface area contributed by atoms with Gasteiger partial charge in [-0.05, 0) is 24.3 Å². The molecule has 1 atom stereocenters. The molecule has 8 heteroatoms. The van der Waals surface area contributed by atoms with Gasteiger partial charge in [-0.25, -0.2) is 0 Å². The fraction of sp³-hybridized carbons (Fsp3) is 0.136. The molecular weight excluding hydrogens is 402 g/mol. The van der Waals surface area contributed by atoms with Crippen LogP contribution in [0.1, 0.15) is 17.5 Å². The molecule has 0 radical (unpaired) electrons. The lowest BCUT2D eigenvalue weighted by Crippen LogP contribution is -2.26. The van der Waals surface area contributed by atoms with Crippen molar-refractivity contribution < 1.29 is 14.2 Å². The molecule has 5 rings (SSSR count). The van der Waals surface area contributed by atoms with E-state index in [1.54, 1.807) is 12.2 Å². The number of benzene rings is 2. The van der Waals surface area contributed by atoms with E-state index in [-0.39, 0.29) is 12.2 Å². The van der Waals surface area contributed by atoms with Crippen molar-refractivity contribution in [2.75, 3.05) is 13.2 Å². The highest BCUT2D eigenvalue weighted by Gasteiger charge is 2.27. The van der Waals surface area contributed by atoms with Crippen LogP contribution in [0.4, 0.5) is 0 Å². The third-order valence-corrected chi connectivity index (χ3v) is 5.52. The topological polar surface area (TPSA) is 74.9 Å². The predicted molar refractivity (Wildman–Crippen MR) is 113 cm³/mol. The molecule has 1 unspecified atom stereocenters. The third kappa shape index (κ3) is 3.31. The smallest absolute Gasteiger partial charge is 0.291 e. The van der Waals surface area contributed by atoms with E-state index in [0.29, 0.717) is 39.2 Å². The number of ether oxygens (including phenoxy) is 3. The average Bonchev–Trinajstić information content (AvgIpc) is 3.32. The van der Waals surface area contributed by atoms with E-state index < -0.39 is 6.10 Å². The summed E-state index contributed by atoms with van der Waals surface area (Å²) in [6.45, 7) is 4.34. The minimum atomic E-state index is -0.466. The summed E-state index contributed by atoms with van der Waals surface area (Å²) in [5, 5.41) is 4.38. The Kier molecular flexibility index (Phi) is 4.68. The van der Waals surface area contributed by atoms with Crippen molar-refractivity contribution in [2.45, 2.75) is 6.10 Å². The number of para-hydroxylation sites is 3. The normalized spacial score (nSPS) is 16.0. The zero-order valence-electron chi connectivity index (χ0n) is 15.9. The van der Waals surface area contributed by atoms with Crippen LogP contribution in [-0.4, -0.2) is 27.8 Å². The molecule has 7 nitrogen and oxygen atoms in total.